The summed E-state index contributed by atoms with van der Waals surface area (Å²) < 4.78 is 13.5. The maximum atomic E-state index is 13.5. The minimum Gasteiger partial charge on any atom is -0.477 e. The van der Waals surface area contributed by atoms with Crippen LogP contribution in [0.1, 0.15) is 30.9 Å². The van der Waals surface area contributed by atoms with E-state index in [0.717, 1.165) is 11.3 Å². The largest absolute Gasteiger partial charge is 0.477 e. The van der Waals surface area contributed by atoms with E-state index in [1.165, 1.54) is 35.2 Å². The molecular formula is C16H13FN2O4S. The van der Waals surface area contributed by atoms with Gasteiger partial charge in [-0.2, -0.15) is 0 Å². The highest BCUT2D eigenvalue weighted by Crippen LogP contribution is 2.28. The molecule has 2 heterocycles. The number of nitrogens with zero attached hydrogens (tertiary/aromatic N) is 1. The van der Waals surface area contributed by atoms with Crippen LogP contribution in [-0.4, -0.2) is 40.9 Å². The molecule has 1 saturated heterocycles. The molecule has 0 spiro atoms. The van der Waals surface area contributed by atoms with Gasteiger partial charge in [-0.05, 0) is 29.8 Å². The maximum Gasteiger partial charge on any atom is 0.345 e. The fraction of sp³-hybridized carbons (Fsp3) is 0.188. The molecule has 0 radical (unpaired) electrons. The Morgan fingerprint density at radius 3 is 2.67 bits per heavy atom. The highest BCUT2D eigenvalue weighted by molar-refractivity contribution is 7.15. The van der Waals surface area contributed by atoms with Crippen molar-refractivity contribution in [3.05, 3.63) is 57.5 Å². The third-order valence-corrected chi connectivity index (χ3v) is 4.73. The molecule has 1 aromatic carbocycles. The molecule has 2 amide bonds. The van der Waals surface area contributed by atoms with Crippen molar-refractivity contribution in [3.63, 3.8) is 0 Å². The number of rotatable bonds is 3. The number of thiophene rings is 1. The summed E-state index contributed by atoms with van der Waals surface area (Å²) in [5.41, 5.74) is 0.371. The molecule has 8 heteroatoms. The first-order valence-corrected chi connectivity index (χ1v) is 7.96. The monoisotopic (exact) mass is 348 g/mol. The van der Waals surface area contributed by atoms with E-state index in [4.69, 9.17) is 5.11 Å². The van der Waals surface area contributed by atoms with Crippen LogP contribution in [0.2, 0.25) is 0 Å². The molecular weight excluding hydrogens is 335 g/mol. The lowest BCUT2D eigenvalue weighted by Crippen LogP contribution is -2.52. The zero-order chi connectivity index (χ0) is 17.3. The van der Waals surface area contributed by atoms with Crippen molar-refractivity contribution in [2.75, 3.05) is 13.1 Å². The standard InChI is InChI=1S/C16H13FN2O4S/c17-10-3-1-2-9(8-10)13-14(20)18-6-7-19(13)15(21)11-4-5-12(24-11)16(22)23/h1-5,8,13H,6-7H2,(H,18,20)(H,22,23). The summed E-state index contributed by atoms with van der Waals surface area (Å²) in [5.74, 6) is -2.45. The molecule has 1 aliphatic heterocycles. The van der Waals surface area contributed by atoms with Gasteiger partial charge in [-0.15, -0.1) is 11.3 Å². The van der Waals surface area contributed by atoms with Gasteiger partial charge in [-0.3, -0.25) is 9.59 Å². The van der Waals surface area contributed by atoms with Gasteiger partial charge in [0.25, 0.3) is 5.91 Å². The van der Waals surface area contributed by atoms with Gasteiger partial charge in [-0.25, -0.2) is 9.18 Å². The van der Waals surface area contributed by atoms with E-state index in [1.54, 1.807) is 6.07 Å². The Labute approximate surface area is 140 Å². The number of hydrogen-bond donors (Lipinski definition) is 2. The Morgan fingerprint density at radius 1 is 1.25 bits per heavy atom. The SMILES string of the molecule is O=C(O)c1ccc(C(=O)N2CCNC(=O)C2c2cccc(F)c2)s1. The fourth-order valence-electron chi connectivity index (χ4n) is 2.60. The van der Waals surface area contributed by atoms with Crippen molar-refractivity contribution in [2.45, 2.75) is 6.04 Å². The first-order valence-electron chi connectivity index (χ1n) is 7.14. The normalized spacial score (nSPS) is 17.5. The summed E-state index contributed by atoms with van der Waals surface area (Å²) in [6, 6.07) is 7.35. The van der Waals surface area contributed by atoms with Crippen LogP contribution < -0.4 is 5.32 Å². The average Bonchev–Trinajstić information content (AvgIpc) is 3.04. The molecule has 1 atom stereocenters. The van der Waals surface area contributed by atoms with E-state index >= 15 is 0 Å². The maximum absolute atomic E-state index is 13.5. The molecule has 1 aliphatic rings. The van der Waals surface area contributed by atoms with Crippen molar-refractivity contribution in [1.82, 2.24) is 10.2 Å². The van der Waals surface area contributed by atoms with Crippen LogP contribution in [0.25, 0.3) is 0 Å². The lowest BCUT2D eigenvalue weighted by Gasteiger charge is -2.35. The Bertz CT molecular complexity index is 820. The molecule has 124 valence electrons. The summed E-state index contributed by atoms with van der Waals surface area (Å²) >= 11 is 0.848. The molecule has 1 fully saturated rings. The number of carboxylic acid groups (broad SMARTS) is 1. The number of carbonyl (C=O) groups excluding carboxylic acids is 2. The molecule has 0 bridgehead atoms. The summed E-state index contributed by atoms with van der Waals surface area (Å²) in [7, 11) is 0. The highest BCUT2D eigenvalue weighted by atomic mass is 32.1. The highest BCUT2D eigenvalue weighted by Gasteiger charge is 2.35. The third-order valence-electron chi connectivity index (χ3n) is 3.66. The lowest BCUT2D eigenvalue weighted by molar-refractivity contribution is -0.128. The number of benzene rings is 1. The number of carbonyl (C=O) groups is 3. The zero-order valence-corrected chi connectivity index (χ0v) is 13.2. The predicted molar refractivity (Wildman–Crippen MR) is 84.5 cm³/mol. The van der Waals surface area contributed by atoms with E-state index in [9.17, 15) is 18.8 Å². The molecule has 3 rings (SSSR count). The van der Waals surface area contributed by atoms with Gasteiger partial charge in [0.2, 0.25) is 5.91 Å². The quantitative estimate of drug-likeness (QED) is 0.887. The smallest absolute Gasteiger partial charge is 0.345 e. The van der Waals surface area contributed by atoms with Crippen molar-refractivity contribution in [3.8, 4) is 0 Å². The Hall–Kier alpha value is -2.74. The minimum atomic E-state index is -1.11. The van der Waals surface area contributed by atoms with Gasteiger partial charge < -0.3 is 15.3 Å². The lowest BCUT2D eigenvalue weighted by atomic mass is 10.0. The number of hydrogen-bond acceptors (Lipinski definition) is 4. The minimum absolute atomic E-state index is 0.0436. The molecule has 1 unspecified atom stereocenters. The summed E-state index contributed by atoms with van der Waals surface area (Å²) in [4.78, 5) is 37.5. The van der Waals surface area contributed by atoms with Crippen LogP contribution in [-0.2, 0) is 4.79 Å². The molecule has 0 saturated carbocycles. The molecule has 2 aromatic rings. The van der Waals surface area contributed by atoms with Crippen LogP contribution >= 0.6 is 11.3 Å². The van der Waals surface area contributed by atoms with E-state index in [2.05, 4.69) is 5.32 Å². The third kappa shape index (κ3) is 3.00. The van der Waals surface area contributed by atoms with Crippen molar-refractivity contribution in [2.24, 2.45) is 0 Å². The molecule has 2 N–H and O–H groups in total. The van der Waals surface area contributed by atoms with Gasteiger partial charge in [0.05, 0.1) is 4.88 Å². The van der Waals surface area contributed by atoms with E-state index in [-0.39, 0.29) is 22.8 Å². The van der Waals surface area contributed by atoms with Crippen LogP contribution in [0.15, 0.2) is 36.4 Å². The zero-order valence-electron chi connectivity index (χ0n) is 12.4. The van der Waals surface area contributed by atoms with Crippen molar-refractivity contribution >= 4 is 29.1 Å². The number of aromatic carboxylic acids is 1. The van der Waals surface area contributed by atoms with Crippen LogP contribution in [0, 0.1) is 5.82 Å². The Kier molecular flexibility index (Phi) is 4.30. The van der Waals surface area contributed by atoms with Gasteiger partial charge in [0.1, 0.15) is 16.7 Å². The van der Waals surface area contributed by atoms with Crippen molar-refractivity contribution in [1.29, 1.82) is 0 Å². The van der Waals surface area contributed by atoms with E-state index < -0.39 is 29.6 Å². The summed E-state index contributed by atoms with van der Waals surface area (Å²) in [6.07, 6.45) is 0. The van der Waals surface area contributed by atoms with Gasteiger partial charge >= 0.3 is 5.97 Å². The molecule has 24 heavy (non-hydrogen) atoms. The number of carboxylic acids is 1. The second kappa shape index (κ2) is 6.40. The van der Waals surface area contributed by atoms with Crippen LogP contribution in [0.3, 0.4) is 0 Å². The fourth-order valence-corrected chi connectivity index (χ4v) is 3.40. The molecule has 1 aromatic heterocycles. The Balaban J connectivity index is 1.95. The van der Waals surface area contributed by atoms with E-state index in [0.29, 0.717) is 5.56 Å². The number of nitrogens with one attached hydrogen (secondary N) is 1. The van der Waals surface area contributed by atoms with Gasteiger partial charge in [0, 0.05) is 13.1 Å². The van der Waals surface area contributed by atoms with E-state index in [1.807, 2.05) is 0 Å². The molecule has 0 aliphatic carbocycles. The number of piperazine rings is 1. The number of amides is 2. The first kappa shape index (κ1) is 16.1. The summed E-state index contributed by atoms with van der Waals surface area (Å²) in [6.45, 7) is 0.541. The van der Waals surface area contributed by atoms with Gasteiger partial charge in [0.15, 0.2) is 0 Å². The number of halogens is 1. The van der Waals surface area contributed by atoms with Gasteiger partial charge in [-0.1, -0.05) is 12.1 Å². The predicted octanol–water partition coefficient (Wildman–Crippen LogP) is 1.90. The second-order valence-corrected chi connectivity index (χ2v) is 6.30. The summed E-state index contributed by atoms with van der Waals surface area (Å²) in [5, 5.41) is 11.6. The Morgan fingerprint density at radius 2 is 2.00 bits per heavy atom. The van der Waals surface area contributed by atoms with Crippen molar-refractivity contribution < 1.29 is 23.9 Å². The van der Waals surface area contributed by atoms with Crippen LogP contribution in [0.4, 0.5) is 4.39 Å². The average molecular weight is 348 g/mol. The molecule has 6 nitrogen and oxygen atoms in total. The topological polar surface area (TPSA) is 86.7 Å². The first-order chi connectivity index (χ1) is 11.5. The second-order valence-electron chi connectivity index (χ2n) is 5.22. The van der Waals surface area contributed by atoms with Crippen LogP contribution in [0.5, 0.6) is 0 Å².